The first-order chi connectivity index (χ1) is 6.81. The molecule has 0 N–H and O–H groups in total. The maximum atomic E-state index is 11.2. The summed E-state index contributed by atoms with van der Waals surface area (Å²) in [5.74, 6) is 1.05. The second kappa shape index (κ2) is 10.2. The minimum absolute atomic E-state index is 0.377. The lowest BCUT2D eigenvalue weighted by atomic mass is 10.5. The topological polar surface area (TPSA) is 81.9 Å². The molecule has 0 atom stereocenters. The van der Waals surface area contributed by atoms with Gasteiger partial charge in [0.15, 0.2) is 0 Å². The lowest BCUT2D eigenvalue weighted by Gasteiger charge is -2.08. The molecule has 0 spiro atoms. The Bertz CT molecular complexity index is 211. The van der Waals surface area contributed by atoms with E-state index in [0.29, 0.717) is 37.4 Å². The zero-order valence-corrected chi connectivity index (χ0v) is 8.59. The highest BCUT2D eigenvalue weighted by Crippen LogP contribution is 1.97. The molecule has 5 nitrogen and oxygen atoms in total. The summed E-state index contributed by atoms with van der Waals surface area (Å²) in [5, 5.41) is 0. The van der Waals surface area contributed by atoms with Gasteiger partial charge in [0.1, 0.15) is 11.5 Å². The van der Waals surface area contributed by atoms with Gasteiger partial charge in [-0.2, -0.15) is 0 Å². The number of carbonyl (C=O) groups excluding carboxylic acids is 2. The van der Waals surface area contributed by atoms with E-state index in [1.165, 1.54) is 12.2 Å². The van der Waals surface area contributed by atoms with Crippen LogP contribution in [0.15, 0.2) is 9.98 Å². The van der Waals surface area contributed by atoms with Crippen LogP contribution in [0.3, 0.4) is 0 Å². The molecule has 0 aromatic carbocycles. The number of hydrogen-bond donors (Lipinski definition) is 0. The lowest BCUT2D eigenvalue weighted by Crippen LogP contribution is -2.12. The smallest absolute Gasteiger partial charge is 0.234 e. The third-order valence-corrected chi connectivity index (χ3v) is 2.90. The summed E-state index contributed by atoms with van der Waals surface area (Å²) in [7, 11) is 0. The Morgan fingerprint density at radius 3 is 1.79 bits per heavy atom. The van der Waals surface area contributed by atoms with Crippen molar-refractivity contribution in [3.63, 3.8) is 0 Å². The summed E-state index contributed by atoms with van der Waals surface area (Å²) >= 11 is -0.907. The lowest BCUT2D eigenvalue weighted by molar-refractivity contribution is 0.562. The van der Waals surface area contributed by atoms with E-state index >= 15 is 0 Å². The summed E-state index contributed by atoms with van der Waals surface area (Å²) < 4.78 is 11.2. The Hall–Kier alpha value is -0.930. The minimum atomic E-state index is -0.907. The third kappa shape index (κ3) is 9.16. The van der Waals surface area contributed by atoms with Gasteiger partial charge in [0, 0.05) is 12.8 Å². The van der Waals surface area contributed by atoms with Gasteiger partial charge in [-0.25, -0.2) is 19.6 Å². The average Bonchev–Trinajstić information content (AvgIpc) is 2.19. The average molecular weight is 216 g/mol. The van der Waals surface area contributed by atoms with Crippen LogP contribution in [0.5, 0.6) is 0 Å². The summed E-state index contributed by atoms with van der Waals surface area (Å²) in [4.78, 5) is 26.0. The van der Waals surface area contributed by atoms with Crippen LogP contribution in [0.25, 0.3) is 0 Å². The quantitative estimate of drug-likeness (QED) is 0.251. The van der Waals surface area contributed by atoms with E-state index in [1.807, 2.05) is 0 Å². The summed E-state index contributed by atoms with van der Waals surface area (Å²) in [6.45, 7) is 0.753. The van der Waals surface area contributed by atoms with E-state index in [1.54, 1.807) is 0 Å². The molecule has 0 amide bonds. The molecular weight excluding hydrogens is 204 g/mol. The first kappa shape index (κ1) is 13.1. The van der Waals surface area contributed by atoms with Crippen molar-refractivity contribution in [2.45, 2.75) is 12.8 Å². The van der Waals surface area contributed by atoms with Crippen molar-refractivity contribution in [1.29, 1.82) is 0 Å². The molecular formula is C8H12N2O3S. The van der Waals surface area contributed by atoms with E-state index in [4.69, 9.17) is 0 Å². The van der Waals surface area contributed by atoms with Crippen molar-refractivity contribution in [2.75, 3.05) is 24.6 Å². The Morgan fingerprint density at radius 1 is 1.00 bits per heavy atom. The number of nitrogens with zero attached hydrogens (tertiary/aromatic N) is 2. The molecule has 0 unspecified atom stereocenters. The van der Waals surface area contributed by atoms with Crippen molar-refractivity contribution in [3.05, 3.63) is 0 Å². The first-order valence-electron chi connectivity index (χ1n) is 4.23. The molecule has 0 aromatic rings. The van der Waals surface area contributed by atoms with Crippen LogP contribution in [0, 0.1) is 0 Å². The van der Waals surface area contributed by atoms with Gasteiger partial charge >= 0.3 is 0 Å². The largest absolute Gasteiger partial charge is 0.616 e. The molecule has 14 heavy (non-hydrogen) atoms. The monoisotopic (exact) mass is 216 g/mol. The Balaban J connectivity index is 3.31. The van der Waals surface area contributed by atoms with Crippen LogP contribution < -0.4 is 0 Å². The summed E-state index contributed by atoms with van der Waals surface area (Å²) in [6, 6.07) is 0. The van der Waals surface area contributed by atoms with Crippen LogP contribution in [-0.4, -0.2) is 41.3 Å². The Kier molecular flexibility index (Phi) is 9.48. The molecule has 0 fully saturated rings. The van der Waals surface area contributed by atoms with Crippen molar-refractivity contribution in [1.82, 2.24) is 0 Å². The molecule has 0 aliphatic carbocycles. The van der Waals surface area contributed by atoms with Crippen molar-refractivity contribution >= 4 is 23.3 Å². The predicted octanol–water partition coefficient (Wildman–Crippen LogP) is 0.187. The highest BCUT2D eigenvalue weighted by Gasteiger charge is 2.04. The molecule has 0 saturated carbocycles. The number of isocyanates is 2. The van der Waals surface area contributed by atoms with Gasteiger partial charge in [-0.05, 0) is 0 Å². The molecule has 0 rings (SSSR count). The molecule has 0 radical (unpaired) electrons. The summed E-state index contributed by atoms with van der Waals surface area (Å²) in [5.41, 5.74) is 0. The Labute approximate surface area is 85.5 Å². The maximum absolute atomic E-state index is 11.2. The van der Waals surface area contributed by atoms with Gasteiger partial charge in [0.25, 0.3) is 0 Å². The van der Waals surface area contributed by atoms with Crippen LogP contribution in [0.2, 0.25) is 0 Å². The van der Waals surface area contributed by atoms with E-state index < -0.39 is 11.2 Å². The number of rotatable bonds is 8. The highest BCUT2D eigenvalue weighted by atomic mass is 32.2. The van der Waals surface area contributed by atoms with Crippen LogP contribution >= 0.6 is 0 Å². The second-order valence-corrected chi connectivity index (χ2v) is 4.20. The van der Waals surface area contributed by atoms with E-state index in [2.05, 4.69) is 9.98 Å². The molecule has 78 valence electrons. The van der Waals surface area contributed by atoms with Gasteiger partial charge < -0.3 is 4.55 Å². The van der Waals surface area contributed by atoms with E-state index in [9.17, 15) is 14.1 Å². The standard InChI is InChI=1S/C8H12N2O3S/c11-7-9-3-1-5-14(13)6-2-4-10-8-12/h1-6H2. The normalized spacial score (nSPS) is 11.2. The van der Waals surface area contributed by atoms with E-state index in [-0.39, 0.29) is 0 Å². The first-order valence-corrected chi connectivity index (χ1v) is 5.72. The molecule has 0 bridgehead atoms. The van der Waals surface area contributed by atoms with Crippen LogP contribution in [0.4, 0.5) is 0 Å². The second-order valence-electron chi connectivity index (χ2n) is 2.50. The Morgan fingerprint density at radius 2 is 1.43 bits per heavy atom. The van der Waals surface area contributed by atoms with E-state index in [0.717, 1.165) is 0 Å². The third-order valence-electron chi connectivity index (χ3n) is 1.41. The fraction of sp³-hybridized carbons (Fsp3) is 0.750. The molecule has 6 heteroatoms. The SMILES string of the molecule is O=C=NCCC[S+]([O-])CCCN=C=O. The zero-order chi connectivity index (χ0) is 10.6. The zero-order valence-electron chi connectivity index (χ0n) is 7.77. The number of aliphatic imine (C=N–C) groups is 2. The predicted molar refractivity (Wildman–Crippen MR) is 53.1 cm³/mol. The summed E-state index contributed by atoms with van der Waals surface area (Å²) in [6.07, 6.45) is 4.09. The van der Waals surface area contributed by atoms with Gasteiger partial charge in [-0.1, -0.05) is 11.2 Å². The molecule has 0 aromatic heterocycles. The van der Waals surface area contributed by atoms with Gasteiger partial charge in [-0.3, -0.25) is 0 Å². The maximum Gasteiger partial charge on any atom is 0.234 e. The molecule has 0 saturated heterocycles. The van der Waals surface area contributed by atoms with Crippen molar-refractivity contribution < 1.29 is 14.1 Å². The highest BCUT2D eigenvalue weighted by molar-refractivity contribution is 7.91. The number of hydrogen-bond acceptors (Lipinski definition) is 5. The minimum Gasteiger partial charge on any atom is -0.616 e. The van der Waals surface area contributed by atoms with Gasteiger partial charge in [0.2, 0.25) is 12.2 Å². The van der Waals surface area contributed by atoms with Crippen LogP contribution in [0.1, 0.15) is 12.8 Å². The molecule has 0 heterocycles. The molecule has 0 aliphatic rings. The van der Waals surface area contributed by atoms with Gasteiger partial charge in [0.05, 0.1) is 13.1 Å². The fourth-order valence-corrected chi connectivity index (χ4v) is 1.91. The van der Waals surface area contributed by atoms with Crippen LogP contribution in [-0.2, 0) is 20.8 Å². The van der Waals surface area contributed by atoms with Crippen molar-refractivity contribution in [3.8, 4) is 0 Å². The van der Waals surface area contributed by atoms with Crippen molar-refractivity contribution in [2.24, 2.45) is 9.98 Å². The fourth-order valence-electron chi connectivity index (χ4n) is 0.803. The van der Waals surface area contributed by atoms with Gasteiger partial charge in [-0.15, -0.1) is 0 Å². The molecule has 0 aliphatic heterocycles.